The first-order valence-electron chi connectivity index (χ1n) is 32.6. The van der Waals surface area contributed by atoms with Gasteiger partial charge in [-0.05, 0) is 136 Å². The molecule has 3 aromatic rings. The van der Waals surface area contributed by atoms with Crippen molar-refractivity contribution in [3.05, 3.63) is 69.4 Å². The molecule has 0 bridgehead atoms. The number of aliphatic imine (C=N–C) groups is 1. The Morgan fingerprint density at radius 2 is 1.42 bits per heavy atom. The number of nitrogens with zero attached hydrogens (tertiary/aromatic N) is 9. The number of pyridine rings is 1. The number of nitrogens with one attached hydrogen (secondary N) is 4. The van der Waals surface area contributed by atoms with E-state index in [0.717, 1.165) is 47.4 Å². The summed E-state index contributed by atoms with van der Waals surface area (Å²) in [5, 5.41) is 21.6. The Bertz CT molecular complexity index is 3060. The Balaban J connectivity index is 0.918. The van der Waals surface area contributed by atoms with Crippen LogP contribution >= 0.6 is 22.6 Å². The molecule has 0 spiro atoms. The zero-order valence-electron chi connectivity index (χ0n) is 54.3. The maximum atomic E-state index is 14.0. The third kappa shape index (κ3) is 28.4. The Kier molecular flexibility index (Phi) is 33.4. The lowest BCUT2D eigenvalue weighted by Crippen LogP contribution is -2.52. The summed E-state index contributed by atoms with van der Waals surface area (Å²) >= 11 is 2.26. The van der Waals surface area contributed by atoms with Gasteiger partial charge in [0.1, 0.15) is 25.3 Å². The van der Waals surface area contributed by atoms with Gasteiger partial charge in [-0.2, -0.15) is 0 Å². The van der Waals surface area contributed by atoms with Crippen LogP contribution in [0.2, 0.25) is 0 Å². The molecule has 26 nitrogen and oxygen atoms in total. The van der Waals surface area contributed by atoms with Crippen LogP contribution in [0.25, 0.3) is 10.9 Å². The molecule has 0 unspecified atom stereocenters. The van der Waals surface area contributed by atoms with Gasteiger partial charge in [0.2, 0.25) is 29.5 Å². The number of aryl methyl sites for hydroxylation is 1. The first-order valence-corrected chi connectivity index (χ1v) is 33.7. The number of carbonyl (C=O) groups excluding carboxylic acids is 8. The highest BCUT2D eigenvalue weighted by molar-refractivity contribution is 14.1. The molecule has 520 valence electrons. The van der Waals surface area contributed by atoms with Gasteiger partial charge in [0.25, 0.3) is 24.8 Å². The van der Waals surface area contributed by atoms with E-state index in [1.807, 2.05) is 31.7 Å². The van der Waals surface area contributed by atoms with E-state index in [4.69, 9.17) is 20.6 Å². The molecule has 95 heavy (non-hydrogen) atoms. The van der Waals surface area contributed by atoms with Crippen molar-refractivity contribution in [2.45, 2.75) is 108 Å². The summed E-state index contributed by atoms with van der Waals surface area (Å²) in [5.41, 5.74) is 1.95. The molecule has 0 radical (unpaired) electrons. The molecule has 6 amide bonds. The number of likely N-dealkylation sites (tertiary alicyclic amines) is 1. The van der Waals surface area contributed by atoms with Gasteiger partial charge in [-0.1, -0.05) is 24.5 Å². The molecule has 3 saturated heterocycles. The van der Waals surface area contributed by atoms with Crippen molar-refractivity contribution in [2.75, 3.05) is 144 Å². The van der Waals surface area contributed by atoms with Crippen molar-refractivity contribution in [1.29, 1.82) is 0 Å². The Morgan fingerprint density at radius 3 is 2.08 bits per heavy atom. The van der Waals surface area contributed by atoms with Crippen molar-refractivity contribution in [1.82, 2.24) is 60.6 Å². The number of amidine groups is 1. The number of rotatable bonds is 36. The quantitative estimate of drug-likeness (QED) is 0.0139. The number of benzene rings is 2. The average molecular weight is 1440 g/mol. The topological polar surface area (TPSA) is 298 Å². The van der Waals surface area contributed by atoms with Gasteiger partial charge in [-0.3, -0.25) is 77.6 Å². The van der Waals surface area contributed by atoms with Crippen LogP contribution < -0.4 is 26.0 Å². The molecular weight excluding hydrogens is 1350 g/mol. The van der Waals surface area contributed by atoms with E-state index < -0.39 is 61.2 Å². The van der Waals surface area contributed by atoms with Crippen LogP contribution in [-0.4, -0.2) is 267 Å². The number of ether oxygens (including phenoxy) is 3. The number of unbranched alkanes of at least 4 members (excludes halogenated alkanes) is 4. The summed E-state index contributed by atoms with van der Waals surface area (Å²) < 4.78 is 45.2. The van der Waals surface area contributed by atoms with Gasteiger partial charge in [0, 0.05) is 126 Å². The summed E-state index contributed by atoms with van der Waals surface area (Å²) in [6.45, 7) is 8.22. The van der Waals surface area contributed by atoms with Crippen LogP contribution in [0.15, 0.2) is 59.7 Å². The zero-order valence-corrected chi connectivity index (χ0v) is 56.5. The molecule has 6 rings (SSSR count). The van der Waals surface area contributed by atoms with E-state index in [2.05, 4.69) is 76.8 Å². The number of piperazine rings is 1. The van der Waals surface area contributed by atoms with Crippen LogP contribution in [0, 0.1) is 15.9 Å². The maximum absolute atomic E-state index is 14.0. The number of terminal acetylenes is 1. The number of amides is 6. The second kappa shape index (κ2) is 41.5. The first-order chi connectivity index (χ1) is 45.8. The van der Waals surface area contributed by atoms with Crippen molar-refractivity contribution in [3.63, 3.8) is 0 Å². The number of halogens is 3. The van der Waals surface area contributed by atoms with E-state index in [9.17, 15) is 57.0 Å². The minimum atomic E-state index is -3.09. The number of hydrogen-bond acceptors (Lipinski definition) is 19. The van der Waals surface area contributed by atoms with Crippen molar-refractivity contribution in [3.8, 4) is 18.1 Å². The fourth-order valence-electron chi connectivity index (χ4n) is 11.4. The summed E-state index contributed by atoms with van der Waals surface area (Å²) in [7, 11) is 0. The lowest BCUT2D eigenvalue weighted by atomic mass is 10.1. The monoisotopic (exact) mass is 1440 g/mol. The lowest BCUT2D eigenvalue weighted by Gasteiger charge is -2.34. The third-order valence-corrected chi connectivity index (χ3v) is 17.4. The number of fused-ring (bicyclic) bond motifs is 1. The van der Waals surface area contributed by atoms with Crippen LogP contribution in [0.5, 0.6) is 5.75 Å². The van der Waals surface area contributed by atoms with Crippen molar-refractivity contribution >= 4 is 93.7 Å². The number of carboxylic acids is 1. The molecule has 3 fully saturated rings. The summed E-state index contributed by atoms with van der Waals surface area (Å²) in [6, 6.07) is 13.0. The molecule has 2 aromatic carbocycles. The third-order valence-electron chi connectivity index (χ3n) is 16.7. The highest BCUT2D eigenvalue weighted by Gasteiger charge is 2.46. The number of aliphatic carboxylic acids is 1. The second-order valence-electron chi connectivity index (χ2n) is 23.9. The SMILES string of the molecule is C#C[C@H]1CC(F)(F)CN1C(=O)CNC(=O)c1ccnc2ccc(OCCCCN3CCN(C(=O)CCCCCNC(=O)[C@H](CCCC/N=C(\C)NC(=O)CCCc4ccc(I)cc4)NC(=O)CN4CCN(COC=O)CCN(COC=O)CCN(CC(=O)O)CC4)CC3)cc12. The van der Waals surface area contributed by atoms with Crippen LogP contribution in [0.3, 0.4) is 0 Å². The van der Waals surface area contributed by atoms with Gasteiger partial charge in [0.15, 0.2) is 0 Å². The number of carbonyl (C=O) groups is 9. The molecule has 1 aromatic heterocycles. The van der Waals surface area contributed by atoms with Gasteiger partial charge < -0.3 is 50.4 Å². The van der Waals surface area contributed by atoms with Crippen molar-refractivity contribution < 1.29 is 71.2 Å². The average Bonchev–Trinajstić information content (AvgIpc) is 1.66. The van der Waals surface area contributed by atoms with E-state index in [1.54, 1.807) is 30.0 Å². The lowest BCUT2D eigenvalue weighted by molar-refractivity contribution is -0.139. The summed E-state index contributed by atoms with van der Waals surface area (Å²) in [6.07, 6.45) is 13.4. The van der Waals surface area contributed by atoms with Crippen LogP contribution in [-0.2, 0) is 54.3 Å². The molecule has 4 heterocycles. The van der Waals surface area contributed by atoms with Crippen LogP contribution in [0.1, 0.15) is 99.9 Å². The summed E-state index contributed by atoms with van der Waals surface area (Å²) in [5.74, 6) is -2.93. The number of carboxylic acid groups (broad SMARTS) is 1. The smallest absolute Gasteiger partial charge is 0.317 e. The van der Waals surface area contributed by atoms with E-state index in [-0.39, 0.29) is 49.8 Å². The standard InChI is InChI=1S/C66H92F2IN13O13/c1-3-53-41-66(67,68)45-82(53)62(88)42-73-64(91)55-22-25-71-57-21-20-54(40-56(55)57)95-39-10-9-26-76-35-37-81(38-36-76)61(87)15-5-4-7-24-72-65(92)58(13-6-8-23-70-50(2)74-59(85)14-11-12-51-16-18-52(69)19-17-51)75-60(86)43-77-27-28-78(44-63(89)90)30-32-80(47-94-49-84)34-33-79(31-29-77)46-93-48-83/h1,16-22,25,40,48-49,53,58H,4-15,23-24,26-39,41-47H2,2H3,(H,72,92)(H,73,91)(H,75,86)(H,89,90)(H,70,74,85)/t53-,58-/m0/s1. The molecule has 0 aliphatic carbocycles. The van der Waals surface area contributed by atoms with Crippen LogP contribution in [0.4, 0.5) is 8.78 Å². The predicted molar refractivity (Wildman–Crippen MR) is 359 cm³/mol. The minimum absolute atomic E-state index is 0.00471. The Hall–Kier alpha value is -7.50. The highest BCUT2D eigenvalue weighted by Crippen LogP contribution is 2.32. The summed E-state index contributed by atoms with van der Waals surface area (Å²) in [4.78, 5) is 135. The molecule has 2 atom stereocenters. The molecule has 5 N–H and O–H groups in total. The normalized spacial score (nSPS) is 17.5. The van der Waals surface area contributed by atoms with Gasteiger partial charge in [-0.15, -0.1) is 6.42 Å². The maximum Gasteiger partial charge on any atom is 0.317 e. The number of hydrogen-bond donors (Lipinski definition) is 5. The van der Waals surface area contributed by atoms with E-state index >= 15 is 0 Å². The fraction of sp³-hybridized carbons (Fsp3) is 0.591. The number of aromatic nitrogens is 1. The molecule has 3 aliphatic rings. The van der Waals surface area contributed by atoms with Gasteiger partial charge in [0.05, 0.1) is 55.7 Å². The Labute approximate surface area is 568 Å². The minimum Gasteiger partial charge on any atom is -0.494 e. The molecule has 0 saturated carbocycles. The van der Waals surface area contributed by atoms with Gasteiger partial charge >= 0.3 is 5.97 Å². The predicted octanol–water partition coefficient (Wildman–Crippen LogP) is 3.20. The van der Waals surface area contributed by atoms with E-state index in [0.29, 0.717) is 178 Å². The molecule has 3 aliphatic heterocycles. The second-order valence-corrected chi connectivity index (χ2v) is 25.2. The molecule has 29 heteroatoms. The fourth-order valence-corrected chi connectivity index (χ4v) is 11.7. The van der Waals surface area contributed by atoms with E-state index in [1.165, 1.54) is 17.8 Å². The number of alkyl halides is 2. The molecular formula is C66H92F2IN13O13. The largest absolute Gasteiger partial charge is 0.494 e. The van der Waals surface area contributed by atoms with Crippen molar-refractivity contribution in [2.24, 2.45) is 4.99 Å². The highest BCUT2D eigenvalue weighted by atomic mass is 127. The zero-order chi connectivity index (χ0) is 68.4. The first kappa shape index (κ1) is 76.5. The van der Waals surface area contributed by atoms with Gasteiger partial charge in [-0.25, -0.2) is 8.78 Å². The Morgan fingerprint density at radius 1 is 0.758 bits per heavy atom.